The first kappa shape index (κ1) is 24.5. The third kappa shape index (κ3) is 6.48. The van der Waals surface area contributed by atoms with E-state index in [4.69, 9.17) is 5.26 Å². The number of unbranched alkanes of at least 4 members (excludes halogenated alkanes) is 2. The van der Waals surface area contributed by atoms with Gasteiger partial charge >= 0.3 is 0 Å². The molecule has 34 heavy (non-hydrogen) atoms. The molecule has 0 N–H and O–H groups in total. The average molecular weight is 466 g/mol. The summed E-state index contributed by atoms with van der Waals surface area (Å²) in [6, 6.07) is 33.0. The van der Waals surface area contributed by atoms with Crippen LogP contribution in [-0.2, 0) is 12.8 Å². The van der Waals surface area contributed by atoms with Crippen molar-refractivity contribution in [2.45, 2.75) is 82.5 Å². The normalized spacial score (nSPS) is 20.1. The fraction of sp³-hybridized carbons (Fsp3) is 0.406. The van der Waals surface area contributed by atoms with Gasteiger partial charge in [0.25, 0.3) is 0 Å². The molecule has 0 spiro atoms. The van der Waals surface area contributed by atoms with Crippen molar-refractivity contribution in [3.8, 4) is 17.2 Å². The molecule has 0 saturated carbocycles. The molecule has 3 aromatic carbocycles. The van der Waals surface area contributed by atoms with Crippen molar-refractivity contribution < 1.29 is 0 Å². The molecule has 0 radical (unpaired) electrons. The summed E-state index contributed by atoms with van der Waals surface area (Å²) < 4.78 is 0. The maximum Gasteiger partial charge on any atom is 0.0991 e. The number of aryl methyl sites for hydroxylation is 2. The van der Waals surface area contributed by atoms with E-state index in [2.05, 4.69) is 68.1 Å². The van der Waals surface area contributed by atoms with E-state index in [-0.39, 0.29) is 0 Å². The summed E-state index contributed by atoms with van der Waals surface area (Å²) in [5.74, 6) is 0.788. The van der Waals surface area contributed by atoms with Crippen molar-refractivity contribution in [2.24, 2.45) is 0 Å². The van der Waals surface area contributed by atoms with Crippen molar-refractivity contribution in [1.82, 2.24) is 0 Å². The van der Waals surface area contributed by atoms with Crippen LogP contribution in [0.3, 0.4) is 0 Å². The van der Waals surface area contributed by atoms with Gasteiger partial charge in [-0.25, -0.2) is 0 Å². The van der Waals surface area contributed by atoms with Gasteiger partial charge in [0.2, 0.25) is 0 Å². The van der Waals surface area contributed by atoms with Crippen LogP contribution in [0.1, 0.15) is 67.2 Å². The number of hydrogen-bond acceptors (Lipinski definition) is 1. The first-order valence-corrected chi connectivity index (χ1v) is 16.4. The lowest BCUT2D eigenvalue weighted by molar-refractivity contribution is 0.594. The molecular weight excluding hydrogens is 426 g/mol. The van der Waals surface area contributed by atoms with Crippen molar-refractivity contribution in [1.29, 1.82) is 5.26 Å². The average Bonchev–Trinajstić information content (AvgIpc) is 2.89. The minimum absolute atomic E-state index is 0.706. The van der Waals surface area contributed by atoms with E-state index in [0.717, 1.165) is 24.3 Å². The Kier molecular flexibility index (Phi) is 8.41. The Labute approximate surface area is 207 Å². The Morgan fingerprint density at radius 3 is 1.82 bits per heavy atom. The highest BCUT2D eigenvalue weighted by Crippen LogP contribution is 2.41. The van der Waals surface area contributed by atoms with E-state index >= 15 is 0 Å². The van der Waals surface area contributed by atoms with Gasteiger partial charge in [-0.15, -0.1) is 0 Å². The zero-order valence-electron chi connectivity index (χ0n) is 21.0. The quantitative estimate of drug-likeness (QED) is 0.228. The highest BCUT2D eigenvalue weighted by Gasteiger charge is 2.32. The Hall–Kier alpha value is -2.63. The molecule has 1 aliphatic rings. The van der Waals surface area contributed by atoms with Crippen LogP contribution in [0.25, 0.3) is 11.1 Å². The van der Waals surface area contributed by atoms with Crippen molar-refractivity contribution in [3.05, 3.63) is 95.1 Å². The molecule has 0 unspecified atom stereocenters. The Morgan fingerprint density at radius 2 is 1.29 bits per heavy atom. The SMILES string of the molecule is CCCCC[Si@]1(C)CC[C@@H](c2ccc(CCc3ccc(-c4ccc(C#N)cc4)cc3)cc2)CC1. The van der Waals surface area contributed by atoms with Crippen molar-refractivity contribution >= 4 is 8.07 Å². The van der Waals surface area contributed by atoms with E-state index in [9.17, 15) is 0 Å². The number of nitriles is 1. The van der Waals surface area contributed by atoms with Crippen LogP contribution in [-0.4, -0.2) is 8.07 Å². The minimum atomic E-state index is -0.953. The van der Waals surface area contributed by atoms with Gasteiger partial charge in [0.05, 0.1) is 19.7 Å². The minimum Gasteiger partial charge on any atom is -0.192 e. The van der Waals surface area contributed by atoms with Crippen LogP contribution < -0.4 is 0 Å². The van der Waals surface area contributed by atoms with E-state index in [1.54, 1.807) is 11.6 Å². The van der Waals surface area contributed by atoms with Crippen LogP contribution in [0, 0.1) is 11.3 Å². The van der Waals surface area contributed by atoms with E-state index < -0.39 is 8.07 Å². The predicted molar refractivity (Wildman–Crippen MR) is 148 cm³/mol. The van der Waals surface area contributed by atoms with Gasteiger partial charge in [0.1, 0.15) is 0 Å². The smallest absolute Gasteiger partial charge is 0.0991 e. The second-order valence-electron chi connectivity index (χ2n) is 10.7. The maximum absolute atomic E-state index is 8.97. The van der Waals surface area contributed by atoms with Gasteiger partial charge in [-0.3, -0.25) is 0 Å². The van der Waals surface area contributed by atoms with Crippen LogP contribution in [0.2, 0.25) is 24.7 Å². The topological polar surface area (TPSA) is 23.8 Å². The summed E-state index contributed by atoms with van der Waals surface area (Å²) in [5, 5.41) is 8.97. The van der Waals surface area contributed by atoms with Crippen molar-refractivity contribution in [3.63, 3.8) is 0 Å². The first-order valence-electron chi connectivity index (χ1n) is 13.3. The molecule has 1 saturated heterocycles. The third-order valence-corrected chi connectivity index (χ3v) is 12.6. The Bertz CT molecular complexity index is 1070. The first-order chi connectivity index (χ1) is 16.6. The number of hydrogen-bond donors (Lipinski definition) is 0. The summed E-state index contributed by atoms with van der Waals surface area (Å²) in [6.45, 7) is 4.98. The molecule has 1 nitrogen and oxygen atoms in total. The molecule has 2 heteroatoms. The van der Waals surface area contributed by atoms with Gasteiger partial charge in [-0.1, -0.05) is 112 Å². The number of rotatable bonds is 9. The van der Waals surface area contributed by atoms with E-state index in [1.165, 1.54) is 60.9 Å². The van der Waals surface area contributed by atoms with E-state index in [1.807, 2.05) is 24.3 Å². The zero-order valence-corrected chi connectivity index (χ0v) is 22.0. The molecule has 0 amide bonds. The van der Waals surface area contributed by atoms with Crippen LogP contribution in [0.4, 0.5) is 0 Å². The predicted octanol–water partition coefficient (Wildman–Crippen LogP) is 9.16. The van der Waals surface area contributed by atoms with E-state index in [0.29, 0.717) is 5.56 Å². The Balaban J connectivity index is 1.27. The van der Waals surface area contributed by atoms with Gasteiger partial charge in [-0.05, 0) is 71.6 Å². The zero-order chi connectivity index (χ0) is 23.8. The third-order valence-electron chi connectivity index (χ3n) is 8.03. The summed E-state index contributed by atoms with van der Waals surface area (Å²) in [5.41, 5.74) is 7.45. The van der Waals surface area contributed by atoms with Crippen LogP contribution >= 0.6 is 0 Å². The molecule has 4 rings (SSSR count). The molecule has 176 valence electrons. The number of benzene rings is 3. The molecule has 1 heterocycles. The second kappa shape index (κ2) is 11.7. The van der Waals surface area contributed by atoms with Gasteiger partial charge in [0, 0.05) is 0 Å². The lowest BCUT2D eigenvalue weighted by Crippen LogP contribution is -2.34. The summed E-state index contributed by atoms with van der Waals surface area (Å²) in [4.78, 5) is 0. The fourth-order valence-electron chi connectivity index (χ4n) is 5.55. The van der Waals surface area contributed by atoms with Crippen molar-refractivity contribution in [2.75, 3.05) is 0 Å². The van der Waals surface area contributed by atoms with Crippen LogP contribution in [0.5, 0.6) is 0 Å². The number of nitrogens with zero attached hydrogens (tertiary/aromatic N) is 1. The Morgan fingerprint density at radius 1 is 0.765 bits per heavy atom. The molecule has 0 bridgehead atoms. The molecule has 0 aliphatic carbocycles. The standard InChI is InChI=1S/C32H39NSi/c1-3-4-5-22-34(2)23-20-32(21-24-34)31-16-10-27(11-17-31)7-6-26-8-14-29(15-9-26)30-18-12-28(25-33)13-19-30/h8-19,32H,3-7,20-24H2,1-2H3/t32-,34-. The highest BCUT2D eigenvalue weighted by molar-refractivity contribution is 6.78. The fourth-order valence-corrected chi connectivity index (χ4v) is 9.49. The van der Waals surface area contributed by atoms with Gasteiger partial charge in [0.15, 0.2) is 0 Å². The lowest BCUT2D eigenvalue weighted by atomic mass is 9.92. The second-order valence-corrected chi connectivity index (χ2v) is 15.8. The monoisotopic (exact) mass is 465 g/mol. The molecular formula is C32H39NSi. The molecule has 1 aliphatic heterocycles. The maximum atomic E-state index is 8.97. The summed E-state index contributed by atoms with van der Waals surface area (Å²) in [7, 11) is -0.953. The van der Waals surface area contributed by atoms with Gasteiger partial charge < -0.3 is 0 Å². The van der Waals surface area contributed by atoms with Gasteiger partial charge in [-0.2, -0.15) is 5.26 Å². The largest absolute Gasteiger partial charge is 0.192 e. The highest BCUT2D eigenvalue weighted by atomic mass is 28.3. The van der Waals surface area contributed by atoms with Crippen LogP contribution in [0.15, 0.2) is 72.8 Å². The molecule has 3 aromatic rings. The molecule has 0 atom stereocenters. The summed E-state index contributed by atoms with van der Waals surface area (Å²) in [6.07, 6.45) is 9.23. The lowest BCUT2D eigenvalue weighted by Gasteiger charge is -2.36. The molecule has 1 fully saturated rings. The molecule has 0 aromatic heterocycles. The summed E-state index contributed by atoms with van der Waals surface area (Å²) >= 11 is 0.